The Hall–Kier alpha value is -1.58. The summed E-state index contributed by atoms with van der Waals surface area (Å²) in [5.74, 6) is -0.335. The monoisotopic (exact) mass is 350 g/mol. The van der Waals surface area contributed by atoms with Crippen LogP contribution in [-0.2, 0) is 4.74 Å². The van der Waals surface area contributed by atoms with Gasteiger partial charge in [-0.2, -0.15) is 0 Å². The molecule has 102 valence electrons. The van der Waals surface area contributed by atoms with Gasteiger partial charge < -0.3 is 4.74 Å². The molecule has 0 saturated carbocycles. The molecule has 4 heteroatoms. The van der Waals surface area contributed by atoms with E-state index in [0.29, 0.717) is 10.6 Å². The van der Waals surface area contributed by atoms with Crippen molar-refractivity contribution in [3.8, 4) is 0 Å². The maximum atomic E-state index is 11.3. The molecule has 0 aliphatic rings. The van der Waals surface area contributed by atoms with E-state index in [-0.39, 0.29) is 5.97 Å². The van der Waals surface area contributed by atoms with Crippen LogP contribution in [0.1, 0.15) is 21.5 Å². The number of hydrogen-bond acceptors (Lipinski definition) is 2. The van der Waals surface area contributed by atoms with Gasteiger partial charge in [0.25, 0.3) is 0 Å². The Morgan fingerprint density at radius 2 is 1.85 bits per heavy atom. The second kappa shape index (κ2) is 6.73. The fourth-order valence-electron chi connectivity index (χ4n) is 1.68. The van der Waals surface area contributed by atoms with Gasteiger partial charge in [-0.15, -0.1) is 0 Å². The van der Waals surface area contributed by atoms with E-state index < -0.39 is 0 Å². The second-order valence-corrected chi connectivity index (χ2v) is 5.40. The van der Waals surface area contributed by atoms with Gasteiger partial charge in [0, 0.05) is 9.50 Å². The van der Waals surface area contributed by atoms with Crippen LogP contribution in [0.4, 0.5) is 0 Å². The van der Waals surface area contributed by atoms with Crippen molar-refractivity contribution in [1.29, 1.82) is 0 Å². The molecule has 0 amide bonds. The summed E-state index contributed by atoms with van der Waals surface area (Å²) >= 11 is 9.44. The van der Waals surface area contributed by atoms with Crippen LogP contribution in [0.25, 0.3) is 12.2 Å². The van der Waals surface area contributed by atoms with Crippen LogP contribution in [-0.4, -0.2) is 13.1 Å². The molecule has 2 nitrogen and oxygen atoms in total. The Morgan fingerprint density at radius 3 is 2.50 bits per heavy atom. The summed E-state index contributed by atoms with van der Waals surface area (Å²) in [5, 5.41) is 0.689. The Morgan fingerprint density at radius 1 is 1.15 bits per heavy atom. The highest BCUT2D eigenvalue weighted by molar-refractivity contribution is 9.10. The molecular formula is C16H12BrClO2. The molecule has 0 saturated heterocycles. The largest absolute Gasteiger partial charge is 0.465 e. The Labute approximate surface area is 131 Å². The number of methoxy groups -OCH3 is 1. The van der Waals surface area contributed by atoms with E-state index in [1.54, 1.807) is 12.1 Å². The second-order valence-electron chi connectivity index (χ2n) is 4.11. The molecule has 0 heterocycles. The van der Waals surface area contributed by atoms with E-state index in [4.69, 9.17) is 11.6 Å². The van der Waals surface area contributed by atoms with Crippen LogP contribution < -0.4 is 0 Å². The highest BCUT2D eigenvalue weighted by Gasteiger charge is 2.03. The summed E-state index contributed by atoms with van der Waals surface area (Å²) in [4.78, 5) is 11.3. The number of carbonyl (C=O) groups excluding carboxylic acids is 1. The van der Waals surface area contributed by atoms with E-state index in [2.05, 4.69) is 20.7 Å². The first-order valence-electron chi connectivity index (χ1n) is 5.91. The fourth-order valence-corrected chi connectivity index (χ4v) is 2.24. The SMILES string of the molecule is COC(=O)c1ccc(C=Cc2cc(Cl)ccc2Br)cc1. The Balaban J connectivity index is 2.19. The van der Waals surface area contributed by atoms with Crippen molar-refractivity contribution in [2.75, 3.05) is 7.11 Å². The Kier molecular flexibility index (Phi) is 4.99. The summed E-state index contributed by atoms with van der Waals surface area (Å²) in [5.41, 5.74) is 2.52. The molecule has 2 rings (SSSR count). The third-order valence-corrected chi connectivity index (χ3v) is 3.70. The summed E-state index contributed by atoms with van der Waals surface area (Å²) in [6, 6.07) is 12.8. The lowest BCUT2D eigenvalue weighted by Gasteiger charge is -2.01. The number of ether oxygens (including phenoxy) is 1. The van der Waals surface area contributed by atoms with Gasteiger partial charge in [-0.1, -0.05) is 51.8 Å². The van der Waals surface area contributed by atoms with Gasteiger partial charge in [0.1, 0.15) is 0 Å². The zero-order valence-electron chi connectivity index (χ0n) is 10.8. The maximum Gasteiger partial charge on any atom is 0.337 e. The molecular weight excluding hydrogens is 340 g/mol. The van der Waals surface area contributed by atoms with Crippen molar-refractivity contribution in [3.05, 3.63) is 68.7 Å². The molecule has 0 aliphatic heterocycles. The summed E-state index contributed by atoms with van der Waals surface area (Å²) < 4.78 is 5.63. The number of esters is 1. The first-order chi connectivity index (χ1) is 9.60. The summed E-state index contributed by atoms with van der Waals surface area (Å²) in [6.45, 7) is 0. The summed E-state index contributed by atoms with van der Waals surface area (Å²) in [6.07, 6.45) is 3.92. The minimum atomic E-state index is -0.335. The van der Waals surface area contributed by atoms with E-state index in [9.17, 15) is 4.79 Å². The molecule has 2 aromatic carbocycles. The van der Waals surface area contributed by atoms with E-state index in [0.717, 1.165) is 15.6 Å². The molecule has 0 atom stereocenters. The van der Waals surface area contributed by atoms with Crippen LogP contribution in [0, 0.1) is 0 Å². The Bertz CT molecular complexity index is 648. The molecule has 0 radical (unpaired) electrons. The molecule has 2 aromatic rings. The lowest BCUT2D eigenvalue weighted by molar-refractivity contribution is 0.0601. The molecule has 0 aliphatic carbocycles. The van der Waals surface area contributed by atoms with Crippen molar-refractivity contribution >= 4 is 45.7 Å². The van der Waals surface area contributed by atoms with Crippen molar-refractivity contribution in [2.24, 2.45) is 0 Å². The number of rotatable bonds is 3. The van der Waals surface area contributed by atoms with Gasteiger partial charge in [-0.25, -0.2) is 4.79 Å². The van der Waals surface area contributed by atoms with E-state index in [1.807, 2.05) is 42.5 Å². The zero-order valence-corrected chi connectivity index (χ0v) is 13.1. The highest BCUT2D eigenvalue weighted by atomic mass is 79.9. The van der Waals surface area contributed by atoms with E-state index in [1.165, 1.54) is 7.11 Å². The number of hydrogen-bond donors (Lipinski definition) is 0. The van der Waals surface area contributed by atoms with Crippen LogP contribution >= 0.6 is 27.5 Å². The molecule has 0 bridgehead atoms. The standard InChI is InChI=1S/C16H12BrClO2/c1-20-16(19)12-5-2-11(3-6-12)4-7-13-10-14(18)8-9-15(13)17/h2-10H,1H3. The average Bonchev–Trinajstić information content (AvgIpc) is 2.48. The van der Waals surface area contributed by atoms with Gasteiger partial charge in [0.15, 0.2) is 0 Å². The van der Waals surface area contributed by atoms with Crippen molar-refractivity contribution in [2.45, 2.75) is 0 Å². The van der Waals surface area contributed by atoms with Crippen LogP contribution in [0.3, 0.4) is 0 Å². The maximum absolute atomic E-state index is 11.3. The lowest BCUT2D eigenvalue weighted by atomic mass is 10.1. The first kappa shape index (κ1) is 14.8. The van der Waals surface area contributed by atoms with Gasteiger partial charge in [-0.05, 0) is 41.5 Å². The zero-order chi connectivity index (χ0) is 14.5. The predicted molar refractivity (Wildman–Crippen MR) is 85.9 cm³/mol. The topological polar surface area (TPSA) is 26.3 Å². The number of benzene rings is 2. The van der Waals surface area contributed by atoms with Crippen molar-refractivity contribution < 1.29 is 9.53 Å². The first-order valence-corrected chi connectivity index (χ1v) is 7.09. The van der Waals surface area contributed by atoms with Gasteiger partial charge >= 0.3 is 5.97 Å². The number of halogens is 2. The van der Waals surface area contributed by atoms with Gasteiger partial charge in [0.05, 0.1) is 12.7 Å². The summed E-state index contributed by atoms with van der Waals surface area (Å²) in [7, 11) is 1.37. The van der Waals surface area contributed by atoms with Crippen LogP contribution in [0.15, 0.2) is 46.9 Å². The average molecular weight is 352 g/mol. The fraction of sp³-hybridized carbons (Fsp3) is 0.0625. The van der Waals surface area contributed by atoms with E-state index >= 15 is 0 Å². The van der Waals surface area contributed by atoms with Crippen molar-refractivity contribution in [1.82, 2.24) is 0 Å². The molecule has 20 heavy (non-hydrogen) atoms. The lowest BCUT2D eigenvalue weighted by Crippen LogP contribution is -2.00. The molecule has 0 aromatic heterocycles. The van der Waals surface area contributed by atoms with Crippen LogP contribution in [0.5, 0.6) is 0 Å². The highest BCUT2D eigenvalue weighted by Crippen LogP contribution is 2.23. The van der Waals surface area contributed by atoms with Crippen molar-refractivity contribution in [3.63, 3.8) is 0 Å². The van der Waals surface area contributed by atoms with Crippen LogP contribution in [0.2, 0.25) is 5.02 Å². The minimum Gasteiger partial charge on any atom is -0.465 e. The molecule has 0 N–H and O–H groups in total. The molecule has 0 fully saturated rings. The predicted octanol–water partition coefficient (Wildman–Crippen LogP) is 5.06. The minimum absolute atomic E-state index is 0.335. The quantitative estimate of drug-likeness (QED) is 0.571. The molecule has 0 unspecified atom stereocenters. The smallest absolute Gasteiger partial charge is 0.337 e. The third-order valence-electron chi connectivity index (χ3n) is 2.75. The van der Waals surface area contributed by atoms with Gasteiger partial charge in [0.2, 0.25) is 0 Å². The van der Waals surface area contributed by atoms with Gasteiger partial charge in [-0.3, -0.25) is 0 Å². The number of carbonyl (C=O) groups is 1. The normalized spacial score (nSPS) is 10.8. The third kappa shape index (κ3) is 3.71. The molecule has 0 spiro atoms.